The van der Waals surface area contributed by atoms with Gasteiger partial charge in [0.1, 0.15) is 5.60 Å². The Morgan fingerprint density at radius 1 is 1.18 bits per heavy atom. The maximum absolute atomic E-state index is 11.8. The molecule has 1 amide bonds. The van der Waals surface area contributed by atoms with E-state index in [1.165, 1.54) is 0 Å². The Hall–Kier alpha value is -0.810. The Balaban J connectivity index is 2.43. The Labute approximate surface area is 135 Å². The number of nitrogens with one attached hydrogen (secondary N) is 2. The summed E-state index contributed by atoms with van der Waals surface area (Å²) in [7, 11) is 0. The lowest BCUT2D eigenvalue weighted by Crippen LogP contribution is -2.46. The number of alkyl carbamates (subject to hydrolysis) is 1. The molecule has 3 N–H and O–H groups in total. The van der Waals surface area contributed by atoms with Gasteiger partial charge in [-0.2, -0.15) is 0 Å². The van der Waals surface area contributed by atoms with Gasteiger partial charge in [0.05, 0.1) is 0 Å². The fourth-order valence-corrected chi connectivity index (χ4v) is 2.92. The number of ether oxygens (including phenoxy) is 1. The van der Waals surface area contributed by atoms with Crippen LogP contribution in [0.3, 0.4) is 0 Å². The number of hydrogen-bond acceptors (Lipinski definition) is 4. The van der Waals surface area contributed by atoms with Crippen LogP contribution >= 0.6 is 0 Å². The average molecular weight is 314 g/mol. The maximum Gasteiger partial charge on any atom is 0.407 e. The highest BCUT2D eigenvalue weighted by atomic mass is 16.6. The van der Waals surface area contributed by atoms with Crippen LogP contribution in [0.1, 0.15) is 67.2 Å². The third-order valence-corrected chi connectivity index (χ3v) is 4.05. The molecule has 1 saturated carbocycles. The maximum atomic E-state index is 11.8. The summed E-state index contributed by atoms with van der Waals surface area (Å²) in [5, 5.41) is 15.9. The normalized spacial score (nSPS) is 24.1. The first kappa shape index (κ1) is 19.2. The first-order chi connectivity index (χ1) is 10.0. The molecule has 0 spiro atoms. The van der Waals surface area contributed by atoms with Gasteiger partial charge in [-0.05, 0) is 51.9 Å². The average Bonchev–Trinajstić information content (AvgIpc) is 2.72. The van der Waals surface area contributed by atoms with Gasteiger partial charge in [-0.3, -0.25) is 0 Å². The van der Waals surface area contributed by atoms with Crippen LogP contribution in [-0.2, 0) is 4.74 Å². The molecule has 3 unspecified atom stereocenters. The van der Waals surface area contributed by atoms with Gasteiger partial charge in [-0.25, -0.2) is 4.79 Å². The summed E-state index contributed by atoms with van der Waals surface area (Å²) in [5.74, 6) is 0. The Morgan fingerprint density at radius 2 is 1.77 bits per heavy atom. The third-order valence-electron chi connectivity index (χ3n) is 4.05. The smallest absolute Gasteiger partial charge is 0.407 e. The van der Waals surface area contributed by atoms with Crippen molar-refractivity contribution in [1.29, 1.82) is 0 Å². The quantitative estimate of drug-likeness (QED) is 0.730. The molecule has 0 aromatic heterocycles. The lowest BCUT2D eigenvalue weighted by Gasteiger charge is -2.34. The van der Waals surface area contributed by atoms with E-state index in [2.05, 4.69) is 31.4 Å². The van der Waals surface area contributed by atoms with Crippen molar-refractivity contribution in [2.45, 2.75) is 91.0 Å². The lowest BCUT2D eigenvalue weighted by atomic mass is 9.84. The molecule has 1 aliphatic rings. The molecule has 0 aromatic carbocycles. The van der Waals surface area contributed by atoms with E-state index in [9.17, 15) is 9.90 Å². The Bertz CT molecular complexity index is 358. The molecule has 5 heteroatoms. The van der Waals surface area contributed by atoms with E-state index in [-0.39, 0.29) is 30.2 Å². The molecular formula is C17H34N2O3. The minimum atomic E-state index is -0.460. The van der Waals surface area contributed by atoms with Crippen molar-refractivity contribution in [1.82, 2.24) is 10.6 Å². The monoisotopic (exact) mass is 314 g/mol. The van der Waals surface area contributed by atoms with Crippen LogP contribution in [0.5, 0.6) is 0 Å². The lowest BCUT2D eigenvalue weighted by molar-refractivity contribution is 0.0504. The Morgan fingerprint density at radius 3 is 2.27 bits per heavy atom. The molecule has 3 atom stereocenters. The summed E-state index contributed by atoms with van der Waals surface area (Å²) < 4.78 is 5.31. The highest BCUT2D eigenvalue weighted by Crippen LogP contribution is 2.26. The van der Waals surface area contributed by atoms with Crippen molar-refractivity contribution < 1.29 is 14.6 Å². The minimum Gasteiger partial charge on any atom is -0.444 e. The van der Waals surface area contributed by atoms with E-state index in [0.717, 1.165) is 25.7 Å². The second-order valence-electron chi connectivity index (χ2n) is 8.45. The molecule has 0 heterocycles. The molecule has 1 rings (SSSR count). The van der Waals surface area contributed by atoms with Crippen LogP contribution in [0.25, 0.3) is 0 Å². The van der Waals surface area contributed by atoms with Crippen LogP contribution in [0.15, 0.2) is 0 Å². The first-order valence-electron chi connectivity index (χ1n) is 8.37. The number of amides is 1. The topological polar surface area (TPSA) is 70.6 Å². The summed E-state index contributed by atoms with van der Waals surface area (Å²) in [5.41, 5.74) is -0.349. The molecule has 1 aliphatic carbocycles. The predicted molar refractivity (Wildman–Crippen MR) is 88.9 cm³/mol. The van der Waals surface area contributed by atoms with Crippen LogP contribution in [0, 0.1) is 5.41 Å². The zero-order valence-electron chi connectivity index (χ0n) is 15.0. The molecule has 22 heavy (non-hydrogen) atoms. The van der Waals surface area contributed by atoms with Crippen molar-refractivity contribution in [3.8, 4) is 0 Å². The Kier molecular flexibility index (Phi) is 6.68. The second-order valence-corrected chi connectivity index (χ2v) is 8.45. The fourth-order valence-electron chi connectivity index (χ4n) is 2.92. The standard InChI is InChI=1S/C17H34N2O3/c1-16(2,3)14(9-10-20)18-12-7-8-13(11-12)19-15(21)22-17(4,5)6/h12-14,18,20H,7-11H2,1-6H3,(H,19,21). The predicted octanol–water partition coefficient (Wildman–Crippen LogP) is 2.82. The van der Waals surface area contributed by atoms with E-state index in [0.29, 0.717) is 6.04 Å². The van der Waals surface area contributed by atoms with E-state index in [4.69, 9.17) is 4.74 Å². The third kappa shape index (κ3) is 6.97. The zero-order chi connectivity index (χ0) is 17.0. The van der Waals surface area contributed by atoms with Crippen LogP contribution in [-0.4, -0.2) is 41.5 Å². The summed E-state index contributed by atoms with van der Waals surface area (Å²) in [6.45, 7) is 12.4. The van der Waals surface area contributed by atoms with Gasteiger partial charge < -0.3 is 20.5 Å². The van der Waals surface area contributed by atoms with Gasteiger partial charge in [0.2, 0.25) is 0 Å². The largest absolute Gasteiger partial charge is 0.444 e. The molecule has 0 bridgehead atoms. The van der Waals surface area contributed by atoms with Crippen molar-refractivity contribution in [3.63, 3.8) is 0 Å². The number of rotatable bonds is 5. The van der Waals surface area contributed by atoms with Crippen LogP contribution < -0.4 is 10.6 Å². The van der Waals surface area contributed by atoms with Gasteiger partial charge in [-0.1, -0.05) is 20.8 Å². The van der Waals surface area contributed by atoms with Gasteiger partial charge in [0, 0.05) is 24.7 Å². The number of aliphatic hydroxyl groups is 1. The van der Waals surface area contributed by atoms with Crippen LogP contribution in [0.4, 0.5) is 4.79 Å². The zero-order valence-corrected chi connectivity index (χ0v) is 15.0. The molecule has 130 valence electrons. The molecular weight excluding hydrogens is 280 g/mol. The highest BCUT2D eigenvalue weighted by molar-refractivity contribution is 5.68. The minimum absolute atomic E-state index is 0.111. The van der Waals surface area contributed by atoms with Gasteiger partial charge >= 0.3 is 6.09 Å². The molecule has 0 aromatic rings. The van der Waals surface area contributed by atoms with Gasteiger partial charge in [0.15, 0.2) is 0 Å². The van der Waals surface area contributed by atoms with E-state index in [1.54, 1.807) is 0 Å². The van der Waals surface area contributed by atoms with Crippen molar-refractivity contribution in [2.75, 3.05) is 6.61 Å². The van der Waals surface area contributed by atoms with E-state index in [1.807, 2.05) is 20.8 Å². The molecule has 0 aliphatic heterocycles. The summed E-state index contributed by atoms with van der Waals surface area (Å²) in [6, 6.07) is 0.834. The number of carbonyl (C=O) groups is 1. The van der Waals surface area contributed by atoms with Crippen molar-refractivity contribution >= 4 is 6.09 Å². The summed E-state index contributed by atoms with van der Waals surface area (Å²) in [6.07, 6.45) is 3.34. The second kappa shape index (κ2) is 7.64. The first-order valence-corrected chi connectivity index (χ1v) is 8.37. The highest BCUT2D eigenvalue weighted by Gasteiger charge is 2.32. The molecule has 0 radical (unpaired) electrons. The summed E-state index contributed by atoms with van der Waals surface area (Å²) in [4.78, 5) is 11.8. The van der Waals surface area contributed by atoms with Crippen LogP contribution in [0.2, 0.25) is 0 Å². The molecule has 1 fully saturated rings. The van der Waals surface area contributed by atoms with Crippen molar-refractivity contribution in [3.05, 3.63) is 0 Å². The SMILES string of the molecule is CC(C)(C)OC(=O)NC1CCC(NC(CCO)C(C)(C)C)C1. The molecule has 0 saturated heterocycles. The molecule has 5 nitrogen and oxygen atoms in total. The van der Waals surface area contributed by atoms with Gasteiger partial charge in [-0.15, -0.1) is 0 Å². The van der Waals surface area contributed by atoms with Crippen molar-refractivity contribution in [2.24, 2.45) is 5.41 Å². The summed E-state index contributed by atoms with van der Waals surface area (Å²) >= 11 is 0. The number of hydrogen-bond donors (Lipinski definition) is 3. The van der Waals surface area contributed by atoms with E-state index >= 15 is 0 Å². The van der Waals surface area contributed by atoms with E-state index < -0.39 is 5.60 Å². The fraction of sp³-hybridized carbons (Fsp3) is 0.941. The number of carbonyl (C=O) groups excluding carboxylic acids is 1. The number of aliphatic hydroxyl groups excluding tert-OH is 1. The van der Waals surface area contributed by atoms with Gasteiger partial charge in [0.25, 0.3) is 0 Å².